The SMILES string of the molecule is Cc1ccc(C(=O)NCCCS(=O)(=O)N2CCN(c3ccccc3)CC2)cc1. The van der Waals surface area contributed by atoms with Gasteiger partial charge in [-0.3, -0.25) is 4.79 Å². The maximum Gasteiger partial charge on any atom is 0.251 e. The molecule has 2 aromatic rings. The van der Waals surface area contributed by atoms with Crippen LogP contribution in [0.1, 0.15) is 22.3 Å². The third-order valence-electron chi connectivity index (χ3n) is 4.93. The number of carbonyl (C=O) groups excluding carboxylic acids is 1. The lowest BCUT2D eigenvalue weighted by Crippen LogP contribution is -2.49. The van der Waals surface area contributed by atoms with E-state index in [1.165, 1.54) is 0 Å². The number of benzene rings is 2. The number of aryl methyl sites for hydroxylation is 1. The fourth-order valence-corrected chi connectivity index (χ4v) is 4.74. The molecule has 2 aromatic carbocycles. The number of rotatable bonds is 7. The molecule has 1 aliphatic heterocycles. The summed E-state index contributed by atoms with van der Waals surface area (Å²) in [7, 11) is -3.30. The average molecular weight is 402 g/mol. The molecule has 0 bridgehead atoms. The van der Waals surface area contributed by atoms with E-state index in [0.29, 0.717) is 44.7 Å². The highest BCUT2D eigenvalue weighted by atomic mass is 32.2. The smallest absolute Gasteiger partial charge is 0.251 e. The molecule has 0 spiro atoms. The van der Waals surface area contributed by atoms with Crippen LogP contribution in [0.3, 0.4) is 0 Å². The summed E-state index contributed by atoms with van der Waals surface area (Å²) in [4.78, 5) is 14.3. The third-order valence-corrected chi connectivity index (χ3v) is 6.89. The second kappa shape index (κ2) is 9.21. The topological polar surface area (TPSA) is 69.7 Å². The lowest BCUT2D eigenvalue weighted by Gasteiger charge is -2.35. The van der Waals surface area contributed by atoms with Crippen LogP contribution < -0.4 is 10.2 Å². The Hall–Kier alpha value is -2.38. The maximum atomic E-state index is 12.6. The molecule has 1 amide bonds. The largest absolute Gasteiger partial charge is 0.369 e. The van der Waals surface area contributed by atoms with Crippen molar-refractivity contribution in [2.75, 3.05) is 43.4 Å². The van der Waals surface area contributed by atoms with E-state index in [4.69, 9.17) is 0 Å². The van der Waals surface area contributed by atoms with Gasteiger partial charge in [0.2, 0.25) is 10.0 Å². The fraction of sp³-hybridized carbons (Fsp3) is 0.381. The van der Waals surface area contributed by atoms with Gasteiger partial charge < -0.3 is 10.2 Å². The molecule has 150 valence electrons. The Labute approximate surface area is 167 Å². The number of nitrogens with one attached hydrogen (secondary N) is 1. The van der Waals surface area contributed by atoms with Gasteiger partial charge in [-0.15, -0.1) is 0 Å². The molecule has 3 rings (SSSR count). The molecule has 0 aromatic heterocycles. The minimum absolute atomic E-state index is 0.0481. The molecular formula is C21H27N3O3S. The zero-order valence-electron chi connectivity index (χ0n) is 16.2. The van der Waals surface area contributed by atoms with Crippen molar-refractivity contribution in [1.29, 1.82) is 0 Å². The molecule has 0 aliphatic carbocycles. The minimum atomic E-state index is -3.30. The lowest BCUT2D eigenvalue weighted by atomic mass is 10.1. The quantitative estimate of drug-likeness (QED) is 0.723. The predicted molar refractivity (Wildman–Crippen MR) is 112 cm³/mol. The van der Waals surface area contributed by atoms with Crippen LogP contribution >= 0.6 is 0 Å². The summed E-state index contributed by atoms with van der Waals surface area (Å²) in [5.74, 6) is -0.124. The molecule has 0 radical (unpaired) electrons. The normalized spacial score (nSPS) is 15.4. The Morgan fingerprint density at radius 1 is 0.964 bits per heavy atom. The number of nitrogens with zero attached hydrogens (tertiary/aromatic N) is 2. The molecule has 1 N–H and O–H groups in total. The molecule has 1 saturated heterocycles. The summed E-state index contributed by atoms with van der Waals surface area (Å²) in [6.45, 7) is 4.67. The molecular weight excluding hydrogens is 374 g/mol. The van der Waals surface area contributed by atoms with Crippen molar-refractivity contribution in [2.45, 2.75) is 13.3 Å². The monoisotopic (exact) mass is 401 g/mol. The van der Waals surface area contributed by atoms with Crippen LogP contribution in [0.2, 0.25) is 0 Å². The number of piperazine rings is 1. The first kappa shape index (κ1) is 20.4. The van der Waals surface area contributed by atoms with E-state index < -0.39 is 10.0 Å². The number of anilines is 1. The molecule has 1 heterocycles. The van der Waals surface area contributed by atoms with E-state index in [9.17, 15) is 13.2 Å². The molecule has 0 saturated carbocycles. The Kier molecular flexibility index (Phi) is 6.70. The Balaban J connectivity index is 1.42. The summed E-state index contributed by atoms with van der Waals surface area (Å²) in [5, 5.41) is 2.79. The lowest BCUT2D eigenvalue weighted by molar-refractivity contribution is 0.0953. The first-order chi connectivity index (χ1) is 13.5. The summed E-state index contributed by atoms with van der Waals surface area (Å²) < 4.78 is 26.7. The van der Waals surface area contributed by atoms with Crippen molar-refractivity contribution in [3.63, 3.8) is 0 Å². The van der Waals surface area contributed by atoms with E-state index >= 15 is 0 Å². The van der Waals surface area contributed by atoms with Crippen LogP contribution in [0.15, 0.2) is 54.6 Å². The van der Waals surface area contributed by atoms with Crippen LogP contribution in [0.4, 0.5) is 5.69 Å². The minimum Gasteiger partial charge on any atom is -0.369 e. The van der Waals surface area contributed by atoms with Gasteiger partial charge in [-0.1, -0.05) is 35.9 Å². The zero-order chi connectivity index (χ0) is 20.0. The van der Waals surface area contributed by atoms with E-state index in [1.54, 1.807) is 16.4 Å². The summed E-state index contributed by atoms with van der Waals surface area (Å²) in [6.07, 6.45) is 0.402. The number of para-hydroxylation sites is 1. The number of sulfonamides is 1. The van der Waals surface area contributed by atoms with Crippen molar-refractivity contribution in [1.82, 2.24) is 9.62 Å². The Morgan fingerprint density at radius 2 is 1.61 bits per heavy atom. The van der Waals surface area contributed by atoms with Crippen LogP contribution in [-0.2, 0) is 10.0 Å². The molecule has 7 heteroatoms. The highest BCUT2D eigenvalue weighted by molar-refractivity contribution is 7.89. The summed E-state index contributed by atoms with van der Waals surface area (Å²) in [5.41, 5.74) is 2.80. The fourth-order valence-electron chi connectivity index (χ4n) is 3.26. The van der Waals surface area contributed by atoms with Gasteiger partial charge in [0.05, 0.1) is 5.75 Å². The van der Waals surface area contributed by atoms with Crippen LogP contribution in [-0.4, -0.2) is 57.1 Å². The van der Waals surface area contributed by atoms with Gasteiger partial charge in [0.1, 0.15) is 0 Å². The highest BCUT2D eigenvalue weighted by Crippen LogP contribution is 2.17. The van der Waals surface area contributed by atoms with Gasteiger partial charge in [-0.25, -0.2) is 8.42 Å². The van der Waals surface area contributed by atoms with Crippen molar-refractivity contribution >= 4 is 21.6 Å². The molecule has 1 fully saturated rings. The van der Waals surface area contributed by atoms with E-state index in [0.717, 1.165) is 11.3 Å². The molecule has 6 nitrogen and oxygen atoms in total. The van der Waals surface area contributed by atoms with Gasteiger partial charge in [-0.05, 0) is 37.6 Å². The van der Waals surface area contributed by atoms with E-state index in [-0.39, 0.29) is 11.7 Å². The maximum absolute atomic E-state index is 12.6. The highest BCUT2D eigenvalue weighted by Gasteiger charge is 2.26. The number of amides is 1. The van der Waals surface area contributed by atoms with Crippen molar-refractivity contribution in [3.05, 3.63) is 65.7 Å². The Morgan fingerprint density at radius 3 is 2.25 bits per heavy atom. The van der Waals surface area contributed by atoms with Crippen molar-refractivity contribution in [2.24, 2.45) is 0 Å². The Bertz CT molecular complexity index is 875. The summed E-state index contributed by atoms with van der Waals surface area (Å²) in [6, 6.07) is 17.3. The first-order valence-electron chi connectivity index (χ1n) is 9.58. The van der Waals surface area contributed by atoms with Crippen LogP contribution in [0.25, 0.3) is 0 Å². The van der Waals surface area contributed by atoms with Gasteiger partial charge in [-0.2, -0.15) is 4.31 Å². The third kappa shape index (κ3) is 5.33. The average Bonchev–Trinajstić information content (AvgIpc) is 2.72. The molecule has 0 unspecified atom stereocenters. The van der Waals surface area contributed by atoms with Gasteiger partial charge >= 0.3 is 0 Å². The van der Waals surface area contributed by atoms with Crippen LogP contribution in [0, 0.1) is 6.92 Å². The van der Waals surface area contributed by atoms with Crippen molar-refractivity contribution < 1.29 is 13.2 Å². The summed E-state index contributed by atoms with van der Waals surface area (Å²) >= 11 is 0. The van der Waals surface area contributed by atoms with Gasteiger partial charge in [0, 0.05) is 44.0 Å². The second-order valence-corrected chi connectivity index (χ2v) is 9.10. The van der Waals surface area contributed by atoms with E-state index in [2.05, 4.69) is 10.2 Å². The first-order valence-corrected chi connectivity index (χ1v) is 11.2. The van der Waals surface area contributed by atoms with Crippen LogP contribution in [0.5, 0.6) is 0 Å². The predicted octanol–water partition coefficient (Wildman–Crippen LogP) is 2.27. The molecule has 0 atom stereocenters. The molecule has 1 aliphatic rings. The molecule has 28 heavy (non-hydrogen) atoms. The van der Waals surface area contributed by atoms with Gasteiger partial charge in [0.15, 0.2) is 0 Å². The van der Waals surface area contributed by atoms with Crippen molar-refractivity contribution in [3.8, 4) is 0 Å². The number of hydrogen-bond donors (Lipinski definition) is 1. The number of carbonyl (C=O) groups is 1. The van der Waals surface area contributed by atoms with Gasteiger partial charge in [0.25, 0.3) is 5.91 Å². The van der Waals surface area contributed by atoms with E-state index in [1.807, 2.05) is 49.4 Å². The standard InChI is InChI=1S/C21H27N3O3S/c1-18-8-10-19(11-9-18)21(25)22-12-5-17-28(26,27)24-15-13-23(14-16-24)20-6-3-2-4-7-20/h2-4,6-11H,5,12-17H2,1H3,(H,22,25). The second-order valence-electron chi connectivity index (χ2n) is 7.01. The number of hydrogen-bond acceptors (Lipinski definition) is 4. The zero-order valence-corrected chi connectivity index (χ0v) is 17.0.